The third-order valence-electron chi connectivity index (χ3n) is 2.21. The molecule has 0 aliphatic rings. The predicted octanol–water partition coefficient (Wildman–Crippen LogP) is 2.59. The highest BCUT2D eigenvalue weighted by molar-refractivity contribution is 5.89. The van der Waals surface area contributed by atoms with Crippen LogP contribution >= 0.6 is 0 Å². The van der Waals surface area contributed by atoms with Crippen LogP contribution in [0.4, 0.5) is 18.9 Å². The van der Waals surface area contributed by atoms with E-state index in [0.717, 1.165) is 6.42 Å². The first-order valence-electron chi connectivity index (χ1n) is 5.53. The van der Waals surface area contributed by atoms with Crippen LogP contribution in [0.25, 0.3) is 0 Å². The van der Waals surface area contributed by atoms with E-state index in [-0.39, 0.29) is 5.69 Å². The maximum atomic E-state index is 11.9. The number of hydrogen-bond donors (Lipinski definition) is 1. The maximum absolute atomic E-state index is 11.9. The lowest BCUT2D eigenvalue weighted by Gasteiger charge is -2.09. The summed E-state index contributed by atoms with van der Waals surface area (Å²) < 4.78 is 41.8. The molecule has 18 heavy (non-hydrogen) atoms. The van der Waals surface area contributed by atoms with Crippen LogP contribution in [-0.2, 0) is 11.3 Å². The van der Waals surface area contributed by atoms with Gasteiger partial charge in [-0.3, -0.25) is 0 Å². The molecule has 1 rings (SSSR count). The van der Waals surface area contributed by atoms with Crippen molar-refractivity contribution in [3.05, 3.63) is 18.0 Å². The Morgan fingerprint density at radius 2 is 2.17 bits per heavy atom. The first kappa shape index (κ1) is 14.4. The monoisotopic (exact) mass is 264 g/mol. The molecule has 7 heteroatoms. The van der Waals surface area contributed by atoms with Crippen molar-refractivity contribution in [1.82, 2.24) is 4.57 Å². The Morgan fingerprint density at radius 1 is 1.50 bits per heavy atom. The number of anilines is 1. The zero-order valence-electron chi connectivity index (χ0n) is 9.96. The van der Waals surface area contributed by atoms with Crippen LogP contribution in [0.3, 0.4) is 0 Å². The summed E-state index contributed by atoms with van der Waals surface area (Å²) in [5.74, 6) is -0.788. The van der Waals surface area contributed by atoms with E-state index in [4.69, 9.17) is 5.73 Å². The van der Waals surface area contributed by atoms with Gasteiger partial charge in [-0.15, -0.1) is 0 Å². The molecule has 0 bridgehead atoms. The van der Waals surface area contributed by atoms with Crippen LogP contribution in [0, 0.1) is 0 Å². The Morgan fingerprint density at radius 3 is 2.72 bits per heavy atom. The molecule has 0 saturated carbocycles. The minimum Gasteiger partial charge on any atom is -0.461 e. The summed E-state index contributed by atoms with van der Waals surface area (Å²) in [4.78, 5) is 11.6. The fraction of sp³-hybridized carbons (Fsp3) is 0.545. The maximum Gasteiger partial charge on any atom is 0.392 e. The Bertz CT molecular complexity index is 413. The van der Waals surface area contributed by atoms with Crippen molar-refractivity contribution < 1.29 is 22.7 Å². The van der Waals surface area contributed by atoms with Gasteiger partial charge in [-0.05, 0) is 12.5 Å². The molecule has 0 spiro atoms. The lowest BCUT2D eigenvalue weighted by atomic mass is 10.4. The molecule has 1 aromatic heterocycles. The summed E-state index contributed by atoms with van der Waals surface area (Å²) in [6.45, 7) is 1.79. The van der Waals surface area contributed by atoms with Gasteiger partial charge in [-0.1, -0.05) is 6.92 Å². The molecule has 1 aromatic rings. The number of alkyl halides is 3. The van der Waals surface area contributed by atoms with Crippen molar-refractivity contribution in [2.45, 2.75) is 32.5 Å². The van der Waals surface area contributed by atoms with Gasteiger partial charge in [0.25, 0.3) is 0 Å². The molecule has 0 amide bonds. The summed E-state index contributed by atoms with van der Waals surface area (Å²) in [6, 6.07) is 1.39. The summed E-state index contributed by atoms with van der Waals surface area (Å²) in [5, 5.41) is 0. The Balaban J connectivity index is 2.61. The van der Waals surface area contributed by atoms with Crippen molar-refractivity contribution >= 4 is 11.7 Å². The SMILES string of the molecule is CCCn1cc(N)cc1C(=O)OCCC(F)(F)F. The molecule has 0 aromatic carbocycles. The topological polar surface area (TPSA) is 57.2 Å². The number of ether oxygens (including phenoxy) is 1. The molecule has 2 N–H and O–H groups in total. The smallest absolute Gasteiger partial charge is 0.392 e. The third-order valence-corrected chi connectivity index (χ3v) is 2.21. The molecular formula is C11H15F3N2O2. The van der Waals surface area contributed by atoms with Crippen LogP contribution in [-0.4, -0.2) is 23.3 Å². The van der Waals surface area contributed by atoms with E-state index in [0.29, 0.717) is 12.2 Å². The number of carbonyl (C=O) groups is 1. The largest absolute Gasteiger partial charge is 0.461 e. The third kappa shape index (κ3) is 4.31. The van der Waals surface area contributed by atoms with Gasteiger partial charge < -0.3 is 15.0 Å². The molecule has 0 atom stereocenters. The van der Waals surface area contributed by atoms with E-state index in [1.807, 2.05) is 6.92 Å². The van der Waals surface area contributed by atoms with Gasteiger partial charge in [0.15, 0.2) is 0 Å². The molecule has 0 aliphatic heterocycles. The first-order valence-corrected chi connectivity index (χ1v) is 5.53. The second kappa shape index (κ2) is 5.79. The zero-order chi connectivity index (χ0) is 13.8. The molecular weight excluding hydrogens is 249 g/mol. The van der Waals surface area contributed by atoms with Gasteiger partial charge in [-0.25, -0.2) is 4.79 Å². The summed E-state index contributed by atoms with van der Waals surface area (Å²) in [6.07, 6.45) is -3.14. The molecule has 0 radical (unpaired) electrons. The summed E-state index contributed by atoms with van der Waals surface area (Å²) >= 11 is 0. The average molecular weight is 264 g/mol. The first-order chi connectivity index (χ1) is 8.33. The fourth-order valence-electron chi connectivity index (χ4n) is 1.46. The number of aryl methyl sites for hydroxylation is 1. The molecule has 0 fully saturated rings. The molecule has 0 unspecified atom stereocenters. The molecule has 4 nitrogen and oxygen atoms in total. The Kier molecular flexibility index (Phi) is 4.63. The Labute approximate surface area is 103 Å². The van der Waals surface area contributed by atoms with Crippen molar-refractivity contribution in [1.29, 1.82) is 0 Å². The number of halogens is 3. The highest BCUT2D eigenvalue weighted by atomic mass is 19.4. The predicted molar refractivity (Wildman–Crippen MR) is 60.1 cm³/mol. The number of nitrogens with zero attached hydrogens (tertiary/aromatic N) is 1. The Hall–Kier alpha value is -1.66. The molecule has 102 valence electrons. The van der Waals surface area contributed by atoms with Gasteiger partial charge in [0, 0.05) is 12.7 Å². The number of hydrogen-bond acceptors (Lipinski definition) is 3. The normalized spacial score (nSPS) is 11.6. The molecule has 0 aliphatic carbocycles. The van der Waals surface area contributed by atoms with Crippen molar-refractivity contribution in [2.75, 3.05) is 12.3 Å². The number of nitrogens with two attached hydrogens (primary N) is 1. The minimum atomic E-state index is -4.33. The van der Waals surface area contributed by atoms with Crippen molar-refractivity contribution in [2.24, 2.45) is 0 Å². The van der Waals surface area contributed by atoms with Crippen LogP contribution in [0.2, 0.25) is 0 Å². The van der Waals surface area contributed by atoms with Crippen LogP contribution < -0.4 is 5.73 Å². The van der Waals surface area contributed by atoms with E-state index in [2.05, 4.69) is 4.74 Å². The number of aromatic nitrogens is 1. The minimum absolute atomic E-state index is 0.177. The van der Waals surface area contributed by atoms with Crippen molar-refractivity contribution in [3.63, 3.8) is 0 Å². The second-order valence-electron chi connectivity index (χ2n) is 3.85. The van der Waals surface area contributed by atoms with Crippen molar-refractivity contribution in [3.8, 4) is 0 Å². The van der Waals surface area contributed by atoms with E-state index < -0.39 is 25.2 Å². The average Bonchev–Trinajstić information content (AvgIpc) is 2.58. The van der Waals surface area contributed by atoms with Gasteiger partial charge in [-0.2, -0.15) is 13.2 Å². The van der Waals surface area contributed by atoms with Gasteiger partial charge in [0.1, 0.15) is 12.3 Å². The lowest BCUT2D eigenvalue weighted by molar-refractivity contribution is -0.141. The zero-order valence-corrected chi connectivity index (χ0v) is 9.96. The molecule has 0 saturated heterocycles. The van der Waals surface area contributed by atoms with Crippen LogP contribution in [0.1, 0.15) is 30.3 Å². The van der Waals surface area contributed by atoms with E-state index >= 15 is 0 Å². The highest BCUT2D eigenvalue weighted by Gasteiger charge is 2.27. The number of esters is 1. The number of rotatable bonds is 5. The van der Waals surface area contributed by atoms with Gasteiger partial charge in [0.05, 0.1) is 12.1 Å². The lowest BCUT2D eigenvalue weighted by Crippen LogP contribution is -2.16. The van der Waals surface area contributed by atoms with E-state index in [1.54, 1.807) is 10.8 Å². The van der Waals surface area contributed by atoms with Crippen LogP contribution in [0.15, 0.2) is 12.3 Å². The summed E-state index contributed by atoms with van der Waals surface area (Å²) in [5.41, 5.74) is 6.09. The fourth-order valence-corrected chi connectivity index (χ4v) is 1.46. The van der Waals surface area contributed by atoms with E-state index in [1.165, 1.54) is 6.07 Å². The standard InChI is InChI=1S/C11H15F3N2O2/c1-2-4-16-7-8(15)6-9(16)10(17)18-5-3-11(12,13)14/h6-7H,2-5,15H2,1H3. The quantitative estimate of drug-likeness (QED) is 0.831. The molecule has 1 heterocycles. The second-order valence-corrected chi connectivity index (χ2v) is 3.85. The van der Waals surface area contributed by atoms with Gasteiger partial charge in [0.2, 0.25) is 0 Å². The summed E-state index contributed by atoms with van der Waals surface area (Å²) in [7, 11) is 0. The van der Waals surface area contributed by atoms with Gasteiger partial charge >= 0.3 is 12.1 Å². The number of carbonyl (C=O) groups excluding carboxylic acids is 1. The van der Waals surface area contributed by atoms with E-state index in [9.17, 15) is 18.0 Å². The van der Waals surface area contributed by atoms with Crippen LogP contribution in [0.5, 0.6) is 0 Å². The number of nitrogen functional groups attached to an aromatic ring is 1. The highest BCUT2D eigenvalue weighted by Crippen LogP contribution is 2.20.